The standard InChI is InChI=1S/C12H17NO2.C2H6/c1-2-10-3-5-11(6-4-10)12-9-13(14)7-8-15-12;1-2/h3-6,12,14H,2,7-9H2,1H3;1-2H3. The molecule has 0 radical (unpaired) electrons. The highest BCUT2D eigenvalue weighted by molar-refractivity contribution is 5.24. The van der Waals surface area contributed by atoms with Gasteiger partial charge in [0.15, 0.2) is 0 Å². The van der Waals surface area contributed by atoms with Crippen molar-refractivity contribution in [2.24, 2.45) is 0 Å². The van der Waals surface area contributed by atoms with Crippen molar-refractivity contribution in [3.8, 4) is 0 Å². The Bertz CT molecular complexity index is 311. The van der Waals surface area contributed by atoms with Crippen LogP contribution in [-0.2, 0) is 11.2 Å². The van der Waals surface area contributed by atoms with E-state index in [0.29, 0.717) is 19.7 Å². The van der Waals surface area contributed by atoms with Gasteiger partial charge in [-0.15, -0.1) is 0 Å². The molecule has 96 valence electrons. The number of morpholine rings is 1. The van der Waals surface area contributed by atoms with Gasteiger partial charge in [0.25, 0.3) is 0 Å². The van der Waals surface area contributed by atoms with Gasteiger partial charge in [-0.25, -0.2) is 0 Å². The molecule has 1 fully saturated rings. The maximum Gasteiger partial charge on any atom is 0.0975 e. The van der Waals surface area contributed by atoms with Crippen molar-refractivity contribution in [3.05, 3.63) is 35.4 Å². The molecule has 3 nitrogen and oxygen atoms in total. The molecule has 0 amide bonds. The quantitative estimate of drug-likeness (QED) is 0.858. The number of aryl methyl sites for hydroxylation is 1. The van der Waals surface area contributed by atoms with Crippen LogP contribution in [0.25, 0.3) is 0 Å². The van der Waals surface area contributed by atoms with E-state index >= 15 is 0 Å². The average Bonchev–Trinajstić information content (AvgIpc) is 2.41. The maximum atomic E-state index is 9.40. The minimum atomic E-state index is 0.00894. The summed E-state index contributed by atoms with van der Waals surface area (Å²) >= 11 is 0. The molecule has 3 heteroatoms. The van der Waals surface area contributed by atoms with Crippen molar-refractivity contribution in [2.75, 3.05) is 19.7 Å². The molecule has 0 saturated carbocycles. The first-order valence-electron chi connectivity index (χ1n) is 6.44. The lowest BCUT2D eigenvalue weighted by atomic mass is 10.0. The Labute approximate surface area is 104 Å². The largest absolute Gasteiger partial charge is 0.371 e. The van der Waals surface area contributed by atoms with Gasteiger partial charge in [-0.05, 0) is 17.5 Å². The highest BCUT2D eigenvalue weighted by Crippen LogP contribution is 2.21. The lowest BCUT2D eigenvalue weighted by Gasteiger charge is -2.28. The number of benzene rings is 1. The summed E-state index contributed by atoms with van der Waals surface area (Å²) in [5.41, 5.74) is 2.47. The van der Waals surface area contributed by atoms with Gasteiger partial charge in [-0.3, -0.25) is 0 Å². The molecular weight excluding hydrogens is 214 g/mol. The van der Waals surface area contributed by atoms with Crippen LogP contribution >= 0.6 is 0 Å². The number of hydrogen-bond donors (Lipinski definition) is 1. The normalized spacial score (nSPS) is 20.6. The fourth-order valence-corrected chi connectivity index (χ4v) is 1.81. The Hall–Kier alpha value is -0.900. The summed E-state index contributed by atoms with van der Waals surface area (Å²) in [6.07, 6.45) is 1.06. The minimum absolute atomic E-state index is 0.00894. The van der Waals surface area contributed by atoms with Crippen LogP contribution in [0.2, 0.25) is 0 Å². The first-order valence-corrected chi connectivity index (χ1v) is 6.44. The summed E-state index contributed by atoms with van der Waals surface area (Å²) in [6.45, 7) is 7.90. The summed E-state index contributed by atoms with van der Waals surface area (Å²) < 4.78 is 5.61. The second kappa shape index (κ2) is 7.43. The van der Waals surface area contributed by atoms with E-state index in [-0.39, 0.29) is 6.10 Å². The van der Waals surface area contributed by atoms with Crippen molar-refractivity contribution < 1.29 is 9.94 Å². The molecule has 1 atom stereocenters. The second-order valence-corrected chi connectivity index (χ2v) is 3.87. The number of nitrogens with zero attached hydrogens (tertiary/aromatic N) is 1. The van der Waals surface area contributed by atoms with Crippen molar-refractivity contribution in [1.29, 1.82) is 0 Å². The Morgan fingerprint density at radius 3 is 2.47 bits per heavy atom. The lowest BCUT2D eigenvalue weighted by Crippen LogP contribution is -2.35. The van der Waals surface area contributed by atoms with E-state index in [1.165, 1.54) is 10.6 Å². The number of hydrogen-bond acceptors (Lipinski definition) is 3. The van der Waals surface area contributed by atoms with E-state index < -0.39 is 0 Å². The molecule has 2 rings (SSSR count). The van der Waals surface area contributed by atoms with Crippen LogP contribution in [0.5, 0.6) is 0 Å². The maximum absolute atomic E-state index is 9.40. The number of hydroxylamine groups is 2. The molecule has 1 aromatic rings. The van der Waals surface area contributed by atoms with E-state index in [9.17, 15) is 5.21 Å². The van der Waals surface area contributed by atoms with E-state index in [1.807, 2.05) is 13.8 Å². The summed E-state index contributed by atoms with van der Waals surface area (Å²) in [6, 6.07) is 8.41. The first-order chi connectivity index (χ1) is 8.29. The number of ether oxygens (including phenoxy) is 1. The fourth-order valence-electron chi connectivity index (χ4n) is 1.81. The third-order valence-electron chi connectivity index (χ3n) is 2.80. The predicted molar refractivity (Wildman–Crippen MR) is 69.2 cm³/mol. The van der Waals surface area contributed by atoms with E-state index in [0.717, 1.165) is 12.0 Å². The van der Waals surface area contributed by atoms with Crippen LogP contribution in [-0.4, -0.2) is 30.0 Å². The molecule has 1 N–H and O–H groups in total. The van der Waals surface area contributed by atoms with Crippen molar-refractivity contribution in [1.82, 2.24) is 5.06 Å². The molecule has 1 heterocycles. The fraction of sp³-hybridized carbons (Fsp3) is 0.571. The average molecular weight is 237 g/mol. The Morgan fingerprint density at radius 1 is 1.29 bits per heavy atom. The van der Waals surface area contributed by atoms with Crippen LogP contribution in [0.1, 0.15) is 38.0 Å². The molecule has 0 spiro atoms. The third-order valence-corrected chi connectivity index (χ3v) is 2.80. The van der Waals surface area contributed by atoms with Crippen LogP contribution in [0.3, 0.4) is 0 Å². The van der Waals surface area contributed by atoms with Gasteiger partial charge in [0, 0.05) is 6.54 Å². The molecule has 1 unspecified atom stereocenters. The van der Waals surface area contributed by atoms with E-state index in [2.05, 4.69) is 31.2 Å². The second-order valence-electron chi connectivity index (χ2n) is 3.87. The van der Waals surface area contributed by atoms with Gasteiger partial charge in [0.2, 0.25) is 0 Å². The number of rotatable bonds is 2. The van der Waals surface area contributed by atoms with Crippen LogP contribution in [0.15, 0.2) is 24.3 Å². The molecule has 0 aromatic heterocycles. The van der Waals surface area contributed by atoms with Gasteiger partial charge < -0.3 is 9.94 Å². The zero-order chi connectivity index (χ0) is 12.7. The lowest BCUT2D eigenvalue weighted by molar-refractivity contribution is -0.170. The monoisotopic (exact) mass is 237 g/mol. The smallest absolute Gasteiger partial charge is 0.0975 e. The van der Waals surface area contributed by atoms with Gasteiger partial charge in [0.05, 0.1) is 19.3 Å². The first kappa shape index (κ1) is 14.2. The van der Waals surface area contributed by atoms with E-state index in [4.69, 9.17) is 4.74 Å². The summed E-state index contributed by atoms with van der Waals surface area (Å²) in [5.74, 6) is 0. The topological polar surface area (TPSA) is 32.7 Å². The van der Waals surface area contributed by atoms with Gasteiger partial charge >= 0.3 is 0 Å². The van der Waals surface area contributed by atoms with Gasteiger partial charge in [-0.2, -0.15) is 5.06 Å². The summed E-state index contributed by atoms with van der Waals surface area (Å²) in [4.78, 5) is 0. The molecule has 1 saturated heterocycles. The molecule has 1 aliphatic heterocycles. The van der Waals surface area contributed by atoms with Crippen LogP contribution in [0.4, 0.5) is 0 Å². The zero-order valence-corrected chi connectivity index (χ0v) is 11.0. The molecular formula is C14H23NO2. The van der Waals surface area contributed by atoms with E-state index in [1.54, 1.807) is 0 Å². The molecule has 1 aromatic carbocycles. The Morgan fingerprint density at radius 2 is 1.94 bits per heavy atom. The van der Waals surface area contributed by atoms with Crippen molar-refractivity contribution >= 4 is 0 Å². The molecule has 0 aliphatic carbocycles. The Kier molecular flexibility index (Phi) is 6.19. The summed E-state index contributed by atoms with van der Waals surface area (Å²) in [7, 11) is 0. The van der Waals surface area contributed by atoms with Crippen LogP contribution < -0.4 is 0 Å². The highest BCUT2D eigenvalue weighted by Gasteiger charge is 2.20. The van der Waals surface area contributed by atoms with Gasteiger partial charge in [-0.1, -0.05) is 45.0 Å². The summed E-state index contributed by atoms with van der Waals surface area (Å²) in [5, 5.41) is 10.7. The highest BCUT2D eigenvalue weighted by atomic mass is 16.5. The third kappa shape index (κ3) is 4.11. The molecule has 0 bridgehead atoms. The minimum Gasteiger partial charge on any atom is -0.371 e. The molecule has 1 aliphatic rings. The molecule has 17 heavy (non-hydrogen) atoms. The van der Waals surface area contributed by atoms with Crippen LogP contribution in [0, 0.1) is 0 Å². The Balaban J connectivity index is 0.000000686. The SMILES string of the molecule is CC.CCc1ccc(C2CN(O)CCO2)cc1. The van der Waals surface area contributed by atoms with Gasteiger partial charge in [0.1, 0.15) is 0 Å². The predicted octanol–water partition coefficient (Wildman–Crippen LogP) is 3.04. The van der Waals surface area contributed by atoms with Crippen molar-refractivity contribution in [3.63, 3.8) is 0 Å². The zero-order valence-electron chi connectivity index (χ0n) is 11.0. The van der Waals surface area contributed by atoms with Crippen molar-refractivity contribution in [2.45, 2.75) is 33.3 Å².